The number of nitrogens with zero attached hydrogens (tertiary/aromatic N) is 2. The number of oxime groups is 1. The van der Waals surface area contributed by atoms with Crippen molar-refractivity contribution in [2.24, 2.45) is 10.9 Å². The second kappa shape index (κ2) is 6.25. The van der Waals surface area contributed by atoms with Crippen LogP contribution in [0.2, 0.25) is 0 Å². The fourth-order valence-electron chi connectivity index (χ4n) is 1.88. The lowest BCUT2D eigenvalue weighted by atomic mass is 10.1. The van der Waals surface area contributed by atoms with Gasteiger partial charge in [0.2, 0.25) is 0 Å². The highest BCUT2D eigenvalue weighted by Gasteiger charge is 2.20. The van der Waals surface area contributed by atoms with Gasteiger partial charge < -0.3 is 20.9 Å². The Labute approximate surface area is 121 Å². The molecule has 0 amide bonds. The summed E-state index contributed by atoms with van der Waals surface area (Å²) in [5.74, 6) is 0.0468. The molecule has 0 aliphatic carbocycles. The Morgan fingerprint density at radius 2 is 2.11 bits per heavy atom. The smallest absolute Gasteiger partial charge is 0.172 e. The first kappa shape index (κ1) is 15.8. The topological polar surface area (TPSA) is 82.1 Å². The minimum Gasteiger partial charge on any atom is -0.409 e. The van der Waals surface area contributed by atoms with Crippen molar-refractivity contribution in [3.63, 3.8) is 0 Å². The van der Waals surface area contributed by atoms with Crippen molar-refractivity contribution in [1.82, 2.24) is 0 Å². The van der Waals surface area contributed by atoms with E-state index in [1.165, 1.54) is 0 Å². The van der Waals surface area contributed by atoms with E-state index in [0.717, 1.165) is 10.2 Å². The van der Waals surface area contributed by atoms with Gasteiger partial charge in [0.15, 0.2) is 5.84 Å². The van der Waals surface area contributed by atoms with Gasteiger partial charge in [-0.3, -0.25) is 0 Å². The van der Waals surface area contributed by atoms with E-state index >= 15 is 0 Å². The second-order valence-electron chi connectivity index (χ2n) is 4.97. The normalized spacial score (nSPS) is 12.6. The number of hydrogen-bond donors (Lipinski definition) is 3. The molecule has 106 valence electrons. The number of amidine groups is 1. The average Bonchev–Trinajstić information content (AvgIpc) is 2.34. The standard InChI is InChI=1S/C13H20BrN3O2/c1-4-17(8-13(2,3)18)11-6-5-9(14)7-10(11)12(15)16-19/h5-7,18-19H,4,8H2,1-3H3,(H2,15,16). The van der Waals surface area contributed by atoms with E-state index in [9.17, 15) is 5.11 Å². The van der Waals surface area contributed by atoms with Crippen molar-refractivity contribution in [2.75, 3.05) is 18.0 Å². The third-order valence-corrected chi connectivity index (χ3v) is 3.14. The van der Waals surface area contributed by atoms with Gasteiger partial charge in [0.25, 0.3) is 0 Å². The minimum absolute atomic E-state index is 0.0468. The lowest BCUT2D eigenvalue weighted by molar-refractivity contribution is 0.0876. The van der Waals surface area contributed by atoms with Crippen LogP contribution in [0.4, 0.5) is 5.69 Å². The summed E-state index contributed by atoms with van der Waals surface area (Å²) in [6, 6.07) is 5.56. The van der Waals surface area contributed by atoms with Crippen LogP contribution >= 0.6 is 15.9 Å². The second-order valence-corrected chi connectivity index (χ2v) is 5.89. The summed E-state index contributed by atoms with van der Waals surface area (Å²) in [5.41, 5.74) is 6.33. The molecule has 0 saturated heterocycles. The predicted octanol–water partition coefficient (Wildman–Crippen LogP) is 2.14. The third-order valence-electron chi connectivity index (χ3n) is 2.64. The largest absolute Gasteiger partial charge is 0.409 e. The molecule has 1 aromatic rings. The Balaban J connectivity index is 3.24. The minimum atomic E-state index is -0.828. The van der Waals surface area contributed by atoms with E-state index in [1.807, 2.05) is 24.0 Å². The van der Waals surface area contributed by atoms with Crippen LogP contribution in [0, 0.1) is 0 Å². The molecule has 0 atom stereocenters. The number of likely N-dealkylation sites (N-methyl/N-ethyl adjacent to an activating group) is 1. The zero-order chi connectivity index (χ0) is 14.6. The van der Waals surface area contributed by atoms with Crippen LogP contribution in [-0.4, -0.2) is 34.8 Å². The zero-order valence-corrected chi connectivity index (χ0v) is 13.0. The van der Waals surface area contributed by atoms with Gasteiger partial charge in [-0.25, -0.2) is 0 Å². The molecule has 0 radical (unpaired) electrons. The monoisotopic (exact) mass is 329 g/mol. The number of halogens is 1. The first-order chi connectivity index (χ1) is 8.78. The van der Waals surface area contributed by atoms with Crippen LogP contribution in [-0.2, 0) is 0 Å². The predicted molar refractivity (Wildman–Crippen MR) is 80.8 cm³/mol. The van der Waals surface area contributed by atoms with Gasteiger partial charge in [-0.15, -0.1) is 0 Å². The summed E-state index contributed by atoms with van der Waals surface area (Å²) in [7, 11) is 0. The van der Waals surface area contributed by atoms with E-state index in [-0.39, 0.29) is 5.84 Å². The molecular formula is C13H20BrN3O2. The van der Waals surface area contributed by atoms with Gasteiger partial charge in [-0.05, 0) is 39.0 Å². The molecule has 0 heterocycles. The molecule has 1 aromatic carbocycles. The lowest BCUT2D eigenvalue weighted by Crippen LogP contribution is -2.39. The van der Waals surface area contributed by atoms with Crippen LogP contribution in [0.15, 0.2) is 27.8 Å². The first-order valence-corrected chi connectivity index (χ1v) is 6.82. The highest BCUT2D eigenvalue weighted by atomic mass is 79.9. The number of benzene rings is 1. The molecule has 0 bridgehead atoms. The molecule has 0 saturated carbocycles. The Bertz CT molecular complexity index is 469. The summed E-state index contributed by atoms with van der Waals surface area (Å²) in [4.78, 5) is 1.99. The van der Waals surface area contributed by atoms with Crippen molar-refractivity contribution in [3.05, 3.63) is 28.2 Å². The van der Waals surface area contributed by atoms with Crippen LogP contribution < -0.4 is 10.6 Å². The number of rotatable bonds is 5. The Morgan fingerprint density at radius 3 is 2.58 bits per heavy atom. The van der Waals surface area contributed by atoms with E-state index in [4.69, 9.17) is 10.9 Å². The number of aliphatic hydroxyl groups is 1. The van der Waals surface area contributed by atoms with Crippen LogP contribution in [0.1, 0.15) is 26.3 Å². The fraction of sp³-hybridized carbons (Fsp3) is 0.462. The van der Waals surface area contributed by atoms with Crippen molar-refractivity contribution < 1.29 is 10.3 Å². The summed E-state index contributed by atoms with van der Waals surface area (Å²) < 4.78 is 0.845. The number of hydrogen-bond acceptors (Lipinski definition) is 4. The maximum absolute atomic E-state index is 9.96. The molecule has 6 heteroatoms. The number of nitrogens with two attached hydrogens (primary N) is 1. The van der Waals surface area contributed by atoms with Gasteiger partial charge >= 0.3 is 0 Å². The van der Waals surface area contributed by atoms with E-state index in [2.05, 4.69) is 21.1 Å². The van der Waals surface area contributed by atoms with Crippen LogP contribution in [0.5, 0.6) is 0 Å². The first-order valence-electron chi connectivity index (χ1n) is 6.03. The molecule has 0 spiro atoms. The van der Waals surface area contributed by atoms with E-state index in [1.54, 1.807) is 19.9 Å². The summed E-state index contributed by atoms with van der Waals surface area (Å²) in [6.07, 6.45) is 0. The summed E-state index contributed by atoms with van der Waals surface area (Å²) in [6.45, 7) is 6.65. The zero-order valence-electron chi connectivity index (χ0n) is 11.4. The molecule has 0 aliphatic heterocycles. The highest BCUT2D eigenvalue weighted by Crippen LogP contribution is 2.25. The summed E-state index contributed by atoms with van der Waals surface area (Å²) >= 11 is 3.37. The Morgan fingerprint density at radius 1 is 1.47 bits per heavy atom. The average molecular weight is 330 g/mol. The molecule has 5 nitrogen and oxygen atoms in total. The quantitative estimate of drug-likeness (QED) is 0.334. The third kappa shape index (κ3) is 4.40. The Kier molecular flexibility index (Phi) is 5.20. The molecule has 0 fully saturated rings. The fourth-order valence-corrected chi connectivity index (χ4v) is 2.24. The van der Waals surface area contributed by atoms with Crippen molar-refractivity contribution in [2.45, 2.75) is 26.4 Å². The van der Waals surface area contributed by atoms with E-state index in [0.29, 0.717) is 18.7 Å². The SMILES string of the molecule is CCN(CC(C)(C)O)c1ccc(Br)cc1/C(N)=N/O. The molecule has 1 rings (SSSR count). The molecule has 19 heavy (non-hydrogen) atoms. The van der Waals surface area contributed by atoms with Crippen molar-refractivity contribution in [3.8, 4) is 0 Å². The van der Waals surface area contributed by atoms with Gasteiger partial charge in [-0.2, -0.15) is 0 Å². The maximum atomic E-state index is 9.96. The van der Waals surface area contributed by atoms with E-state index < -0.39 is 5.60 Å². The van der Waals surface area contributed by atoms with Crippen molar-refractivity contribution in [1.29, 1.82) is 0 Å². The van der Waals surface area contributed by atoms with Gasteiger partial charge in [-0.1, -0.05) is 21.1 Å². The highest BCUT2D eigenvalue weighted by molar-refractivity contribution is 9.10. The van der Waals surface area contributed by atoms with Gasteiger partial charge in [0, 0.05) is 28.8 Å². The molecular weight excluding hydrogens is 310 g/mol. The van der Waals surface area contributed by atoms with Gasteiger partial charge in [0.1, 0.15) is 0 Å². The Hall–Kier alpha value is -1.27. The number of anilines is 1. The molecule has 0 aromatic heterocycles. The van der Waals surface area contributed by atoms with Gasteiger partial charge in [0.05, 0.1) is 5.60 Å². The maximum Gasteiger partial charge on any atom is 0.172 e. The van der Waals surface area contributed by atoms with Crippen LogP contribution in [0.25, 0.3) is 0 Å². The molecule has 0 unspecified atom stereocenters. The molecule has 4 N–H and O–H groups in total. The summed E-state index contributed by atoms with van der Waals surface area (Å²) in [5, 5.41) is 21.9. The van der Waals surface area contributed by atoms with Crippen LogP contribution in [0.3, 0.4) is 0 Å². The van der Waals surface area contributed by atoms with Crippen molar-refractivity contribution >= 4 is 27.5 Å². The molecule has 0 aliphatic rings. The lowest BCUT2D eigenvalue weighted by Gasteiger charge is -2.31.